The van der Waals surface area contributed by atoms with Gasteiger partial charge in [-0.05, 0) is 12.1 Å². The Hall–Kier alpha value is -2.08. The van der Waals surface area contributed by atoms with Crippen LogP contribution in [-0.4, -0.2) is 34.9 Å². The van der Waals surface area contributed by atoms with E-state index in [2.05, 4.69) is 10.6 Å². The predicted molar refractivity (Wildman–Crippen MR) is 61.7 cm³/mol. The molecule has 6 heteroatoms. The van der Waals surface area contributed by atoms with Crippen molar-refractivity contribution in [3.8, 4) is 0 Å². The van der Waals surface area contributed by atoms with Crippen LogP contribution in [0.2, 0.25) is 0 Å². The number of rotatable bonds is 5. The van der Waals surface area contributed by atoms with Crippen LogP contribution < -0.4 is 10.6 Å². The molecule has 0 fully saturated rings. The van der Waals surface area contributed by atoms with Gasteiger partial charge in [-0.3, -0.25) is 0 Å². The smallest absolute Gasteiger partial charge is 0.326 e. The van der Waals surface area contributed by atoms with E-state index in [1.165, 1.54) is 0 Å². The van der Waals surface area contributed by atoms with E-state index in [0.717, 1.165) is 0 Å². The van der Waals surface area contributed by atoms with E-state index >= 15 is 0 Å². The molecule has 17 heavy (non-hydrogen) atoms. The molecule has 6 nitrogen and oxygen atoms in total. The van der Waals surface area contributed by atoms with Crippen LogP contribution in [0.1, 0.15) is 6.42 Å². The Labute approximate surface area is 98.3 Å². The van der Waals surface area contributed by atoms with E-state index in [9.17, 15) is 9.59 Å². The Morgan fingerprint density at radius 2 is 1.88 bits per heavy atom. The molecule has 0 radical (unpaired) electrons. The molecular weight excluding hydrogens is 224 g/mol. The summed E-state index contributed by atoms with van der Waals surface area (Å²) in [5.74, 6) is -1.18. The fraction of sp³-hybridized carbons (Fsp3) is 0.273. The number of aliphatic carboxylic acids is 1. The first kappa shape index (κ1) is 13.0. The van der Waals surface area contributed by atoms with Crippen LogP contribution in [-0.2, 0) is 4.79 Å². The third-order valence-corrected chi connectivity index (χ3v) is 2.05. The third kappa shape index (κ3) is 4.52. The van der Waals surface area contributed by atoms with Gasteiger partial charge in [-0.15, -0.1) is 0 Å². The van der Waals surface area contributed by atoms with Crippen LogP contribution in [0.5, 0.6) is 0 Å². The zero-order chi connectivity index (χ0) is 12.7. The number of hydrogen-bond acceptors (Lipinski definition) is 3. The molecule has 0 saturated heterocycles. The molecule has 2 amide bonds. The monoisotopic (exact) mass is 238 g/mol. The van der Waals surface area contributed by atoms with Gasteiger partial charge in [0.2, 0.25) is 0 Å². The van der Waals surface area contributed by atoms with Crippen molar-refractivity contribution in [3.05, 3.63) is 30.3 Å². The highest BCUT2D eigenvalue weighted by Crippen LogP contribution is 2.04. The Morgan fingerprint density at radius 3 is 2.41 bits per heavy atom. The molecule has 1 atom stereocenters. The summed E-state index contributed by atoms with van der Waals surface area (Å²) in [6.45, 7) is -0.303. The van der Waals surface area contributed by atoms with Crippen molar-refractivity contribution in [2.24, 2.45) is 0 Å². The number of anilines is 1. The number of carbonyl (C=O) groups is 2. The number of nitrogens with one attached hydrogen (secondary N) is 2. The number of para-hydroxylation sites is 1. The Balaban J connectivity index is 2.51. The van der Waals surface area contributed by atoms with Gasteiger partial charge in [0.05, 0.1) is 0 Å². The van der Waals surface area contributed by atoms with Gasteiger partial charge in [0.1, 0.15) is 6.04 Å². The summed E-state index contributed by atoms with van der Waals surface area (Å²) in [7, 11) is 0. The number of amides is 2. The lowest BCUT2D eigenvalue weighted by Gasteiger charge is -2.13. The molecule has 0 saturated carbocycles. The molecule has 1 aromatic carbocycles. The van der Waals surface area contributed by atoms with Gasteiger partial charge in [0, 0.05) is 18.7 Å². The SMILES string of the molecule is O=C(Nc1ccccc1)N[C@@H](CCO)C(=O)O. The number of hydrogen-bond donors (Lipinski definition) is 4. The van der Waals surface area contributed by atoms with E-state index in [0.29, 0.717) is 5.69 Å². The van der Waals surface area contributed by atoms with Crippen molar-refractivity contribution in [1.82, 2.24) is 5.32 Å². The van der Waals surface area contributed by atoms with Crippen LogP contribution in [0.4, 0.5) is 10.5 Å². The summed E-state index contributed by atoms with van der Waals surface area (Å²) in [6.07, 6.45) is -0.0302. The first-order valence-electron chi connectivity index (χ1n) is 5.09. The van der Waals surface area contributed by atoms with Crippen LogP contribution in [0, 0.1) is 0 Å². The maximum atomic E-state index is 11.4. The Kier molecular flexibility index (Phi) is 4.96. The minimum Gasteiger partial charge on any atom is -0.480 e. The van der Waals surface area contributed by atoms with Crippen molar-refractivity contribution in [2.75, 3.05) is 11.9 Å². The number of carboxylic acids is 1. The van der Waals surface area contributed by atoms with Gasteiger partial charge in [-0.25, -0.2) is 9.59 Å². The highest BCUT2D eigenvalue weighted by atomic mass is 16.4. The quantitative estimate of drug-likeness (QED) is 0.605. The zero-order valence-electron chi connectivity index (χ0n) is 9.09. The molecule has 0 aliphatic heterocycles. The number of urea groups is 1. The molecule has 92 valence electrons. The normalized spacial score (nSPS) is 11.6. The number of carbonyl (C=O) groups excluding carboxylic acids is 1. The zero-order valence-corrected chi connectivity index (χ0v) is 9.09. The summed E-state index contributed by atoms with van der Waals surface area (Å²) in [5.41, 5.74) is 0.568. The first-order chi connectivity index (χ1) is 8.13. The summed E-state index contributed by atoms with van der Waals surface area (Å²) < 4.78 is 0. The lowest BCUT2D eigenvalue weighted by molar-refractivity contribution is -0.139. The first-order valence-corrected chi connectivity index (χ1v) is 5.09. The van der Waals surface area contributed by atoms with Crippen molar-refractivity contribution >= 4 is 17.7 Å². The molecule has 1 aromatic rings. The standard InChI is InChI=1S/C11H14N2O4/c14-7-6-9(10(15)16)13-11(17)12-8-4-2-1-3-5-8/h1-5,9,14H,6-7H2,(H,15,16)(H2,12,13,17)/t9-/m0/s1. The molecular formula is C11H14N2O4. The Morgan fingerprint density at radius 1 is 1.24 bits per heavy atom. The fourth-order valence-electron chi connectivity index (χ4n) is 1.23. The van der Waals surface area contributed by atoms with Gasteiger partial charge >= 0.3 is 12.0 Å². The average molecular weight is 238 g/mol. The van der Waals surface area contributed by atoms with E-state index in [1.807, 2.05) is 0 Å². The number of carboxylic acid groups (broad SMARTS) is 1. The highest BCUT2D eigenvalue weighted by Gasteiger charge is 2.18. The van der Waals surface area contributed by atoms with Crippen molar-refractivity contribution < 1.29 is 19.8 Å². The molecule has 0 bridgehead atoms. The van der Waals surface area contributed by atoms with E-state index in [-0.39, 0.29) is 13.0 Å². The lowest BCUT2D eigenvalue weighted by Crippen LogP contribution is -2.43. The molecule has 0 aliphatic rings. The summed E-state index contributed by atoms with van der Waals surface area (Å²) in [6, 6.07) is 6.95. The summed E-state index contributed by atoms with van der Waals surface area (Å²) in [5, 5.41) is 22.2. The van der Waals surface area contributed by atoms with Crippen LogP contribution >= 0.6 is 0 Å². The molecule has 0 unspecified atom stereocenters. The highest BCUT2D eigenvalue weighted by molar-refractivity contribution is 5.92. The maximum absolute atomic E-state index is 11.4. The number of aliphatic hydroxyl groups is 1. The average Bonchev–Trinajstić information content (AvgIpc) is 2.29. The molecule has 0 heterocycles. The van der Waals surface area contributed by atoms with E-state index in [4.69, 9.17) is 10.2 Å². The lowest BCUT2D eigenvalue weighted by atomic mass is 10.2. The largest absolute Gasteiger partial charge is 0.480 e. The van der Waals surface area contributed by atoms with Crippen LogP contribution in [0.25, 0.3) is 0 Å². The van der Waals surface area contributed by atoms with Crippen LogP contribution in [0.3, 0.4) is 0 Å². The van der Waals surface area contributed by atoms with Crippen LogP contribution in [0.15, 0.2) is 30.3 Å². The minimum absolute atomic E-state index is 0.0302. The van der Waals surface area contributed by atoms with Gasteiger partial charge in [0.25, 0.3) is 0 Å². The van der Waals surface area contributed by atoms with Crippen molar-refractivity contribution in [2.45, 2.75) is 12.5 Å². The molecule has 0 spiro atoms. The van der Waals surface area contributed by atoms with Gasteiger partial charge < -0.3 is 20.8 Å². The number of benzene rings is 1. The van der Waals surface area contributed by atoms with Gasteiger partial charge in [-0.2, -0.15) is 0 Å². The second kappa shape index (κ2) is 6.49. The van der Waals surface area contributed by atoms with Crippen molar-refractivity contribution in [1.29, 1.82) is 0 Å². The predicted octanol–water partition coefficient (Wildman–Crippen LogP) is 0.644. The topological polar surface area (TPSA) is 98.7 Å². The molecule has 1 rings (SSSR count). The second-order valence-electron chi connectivity index (χ2n) is 3.37. The third-order valence-electron chi connectivity index (χ3n) is 2.05. The Bertz CT molecular complexity index is 380. The fourth-order valence-corrected chi connectivity index (χ4v) is 1.23. The van der Waals surface area contributed by atoms with Gasteiger partial charge in [-0.1, -0.05) is 18.2 Å². The minimum atomic E-state index is -1.18. The second-order valence-corrected chi connectivity index (χ2v) is 3.37. The molecule has 0 aromatic heterocycles. The van der Waals surface area contributed by atoms with Gasteiger partial charge in [0.15, 0.2) is 0 Å². The maximum Gasteiger partial charge on any atom is 0.326 e. The molecule has 4 N–H and O–H groups in total. The number of aliphatic hydroxyl groups excluding tert-OH is 1. The molecule has 0 aliphatic carbocycles. The van der Waals surface area contributed by atoms with E-state index < -0.39 is 18.0 Å². The van der Waals surface area contributed by atoms with Crippen molar-refractivity contribution in [3.63, 3.8) is 0 Å². The summed E-state index contributed by atoms with van der Waals surface area (Å²) >= 11 is 0. The van der Waals surface area contributed by atoms with E-state index in [1.54, 1.807) is 30.3 Å². The summed E-state index contributed by atoms with van der Waals surface area (Å²) in [4.78, 5) is 22.2.